The first-order valence-corrected chi connectivity index (χ1v) is 5.90. The third kappa shape index (κ3) is 2.84. The molecule has 0 atom stereocenters. The summed E-state index contributed by atoms with van der Waals surface area (Å²) in [6.45, 7) is 1.97. The van der Waals surface area contributed by atoms with Crippen LogP contribution in [0.2, 0.25) is 0 Å². The lowest BCUT2D eigenvalue weighted by Gasteiger charge is -2.11. The van der Waals surface area contributed by atoms with Crippen molar-refractivity contribution < 1.29 is 10.5 Å². The van der Waals surface area contributed by atoms with Crippen LogP contribution in [0.5, 0.6) is 5.75 Å². The maximum atomic E-state index is 9.66. The largest absolute Gasteiger partial charge is 0.506 e. The van der Waals surface area contributed by atoms with E-state index in [4.69, 9.17) is 5.41 Å². The number of aryl methyl sites for hydroxylation is 1. The number of rotatable bonds is 2. The third-order valence-electron chi connectivity index (χ3n) is 2.94. The van der Waals surface area contributed by atoms with Crippen molar-refractivity contribution in [3.63, 3.8) is 0 Å². The van der Waals surface area contributed by atoms with Gasteiger partial charge in [0.2, 0.25) is 0 Å². The lowest BCUT2D eigenvalue weighted by atomic mass is 9.97. The molecule has 0 heterocycles. The second-order valence-corrected chi connectivity index (χ2v) is 4.42. The summed E-state index contributed by atoms with van der Waals surface area (Å²) in [6, 6.07) is 5.37. The standard InChI is InChI=1S/C13H17N3O/c1-9-6-7-13(17)12(8-9)16-15-11-5-3-2-4-10(11)14/h6-8,14,16-17H,2-5H2,1H3/p+1/b14-10?,15-11-. The summed E-state index contributed by atoms with van der Waals surface area (Å²) < 4.78 is 0. The highest BCUT2D eigenvalue weighted by Gasteiger charge is 2.17. The maximum absolute atomic E-state index is 9.66. The highest BCUT2D eigenvalue weighted by Crippen LogP contribution is 2.24. The number of hydrogen-bond acceptors (Lipinski definition) is 3. The summed E-state index contributed by atoms with van der Waals surface area (Å²) in [4.78, 5) is 0. The molecule has 0 saturated heterocycles. The summed E-state index contributed by atoms with van der Waals surface area (Å²) in [5.74, 6) is 0.203. The van der Waals surface area contributed by atoms with Crippen molar-refractivity contribution in [2.75, 3.05) is 5.43 Å². The summed E-state index contributed by atoms with van der Waals surface area (Å²) in [7, 11) is 0. The molecule has 1 aromatic carbocycles. The van der Waals surface area contributed by atoms with Gasteiger partial charge in [-0.3, -0.25) is 10.8 Å². The minimum Gasteiger partial charge on any atom is -0.506 e. The molecule has 4 heteroatoms. The number of benzene rings is 1. The van der Waals surface area contributed by atoms with Crippen LogP contribution in [0.25, 0.3) is 0 Å². The minimum atomic E-state index is 0.203. The van der Waals surface area contributed by atoms with E-state index in [2.05, 4.69) is 10.5 Å². The number of nitrogens with two attached hydrogens (primary N) is 1. The molecule has 4 N–H and O–H groups in total. The van der Waals surface area contributed by atoms with Gasteiger partial charge in [0.15, 0.2) is 5.71 Å². The molecular formula is C13H18N3O+. The maximum Gasteiger partial charge on any atom is 0.196 e. The number of phenols is 1. The van der Waals surface area contributed by atoms with Crippen LogP contribution in [-0.4, -0.2) is 16.5 Å². The normalized spacial score (nSPS) is 18.4. The Morgan fingerprint density at radius 2 is 2.06 bits per heavy atom. The first kappa shape index (κ1) is 11.6. The van der Waals surface area contributed by atoms with Crippen LogP contribution in [0.15, 0.2) is 23.3 Å². The fraction of sp³-hybridized carbons (Fsp3) is 0.385. The van der Waals surface area contributed by atoms with E-state index in [1.807, 2.05) is 19.1 Å². The van der Waals surface area contributed by atoms with Gasteiger partial charge in [-0.1, -0.05) is 6.07 Å². The van der Waals surface area contributed by atoms with Crippen LogP contribution in [0, 0.1) is 6.92 Å². The Balaban J connectivity index is 2.13. The number of nitrogens with zero attached hydrogens (tertiary/aromatic N) is 1. The van der Waals surface area contributed by atoms with Gasteiger partial charge in [0, 0.05) is 6.42 Å². The molecule has 0 spiro atoms. The number of hydrazone groups is 1. The van der Waals surface area contributed by atoms with Gasteiger partial charge in [-0.2, -0.15) is 5.10 Å². The predicted octanol–water partition coefficient (Wildman–Crippen LogP) is 1.24. The molecule has 0 aliphatic heterocycles. The van der Waals surface area contributed by atoms with Crippen LogP contribution >= 0.6 is 0 Å². The van der Waals surface area contributed by atoms with Crippen LogP contribution in [0.4, 0.5) is 5.69 Å². The van der Waals surface area contributed by atoms with Crippen LogP contribution < -0.4 is 10.8 Å². The molecule has 0 amide bonds. The molecule has 0 unspecified atom stereocenters. The summed E-state index contributed by atoms with van der Waals surface area (Å²) in [5.41, 5.74) is 6.36. The summed E-state index contributed by atoms with van der Waals surface area (Å²) in [5, 5.41) is 19.8. The average Bonchev–Trinajstić information content (AvgIpc) is 2.32. The van der Waals surface area contributed by atoms with E-state index in [-0.39, 0.29) is 5.75 Å². The zero-order valence-electron chi connectivity index (χ0n) is 10.0. The molecule has 1 aromatic rings. The van der Waals surface area contributed by atoms with Gasteiger partial charge < -0.3 is 5.11 Å². The van der Waals surface area contributed by atoms with Gasteiger partial charge in [-0.05, 0) is 43.9 Å². The summed E-state index contributed by atoms with van der Waals surface area (Å²) >= 11 is 0. The van der Waals surface area contributed by atoms with Crippen molar-refractivity contribution >= 4 is 17.1 Å². The number of phenolic OH excluding ortho intramolecular Hbond substituents is 1. The van der Waals surface area contributed by atoms with Crippen molar-refractivity contribution in [3.05, 3.63) is 23.8 Å². The van der Waals surface area contributed by atoms with Gasteiger partial charge in [0.05, 0.1) is 5.69 Å². The lowest BCUT2D eigenvalue weighted by Crippen LogP contribution is -2.46. The van der Waals surface area contributed by atoms with E-state index in [0.717, 1.165) is 42.7 Å². The molecule has 0 aromatic heterocycles. The Labute approximate surface area is 101 Å². The smallest absolute Gasteiger partial charge is 0.196 e. The molecular weight excluding hydrogens is 214 g/mol. The molecule has 1 aliphatic carbocycles. The van der Waals surface area contributed by atoms with Crippen molar-refractivity contribution in [3.8, 4) is 5.75 Å². The van der Waals surface area contributed by atoms with E-state index in [9.17, 15) is 5.11 Å². The quantitative estimate of drug-likeness (QED) is 0.530. The molecule has 0 radical (unpaired) electrons. The molecule has 17 heavy (non-hydrogen) atoms. The monoisotopic (exact) mass is 232 g/mol. The fourth-order valence-corrected chi connectivity index (χ4v) is 1.91. The number of hydrogen-bond donors (Lipinski definition) is 3. The summed E-state index contributed by atoms with van der Waals surface area (Å²) in [6.07, 6.45) is 4.09. The van der Waals surface area contributed by atoms with E-state index in [1.54, 1.807) is 6.07 Å². The highest BCUT2D eigenvalue weighted by molar-refractivity contribution is 6.40. The van der Waals surface area contributed by atoms with Crippen molar-refractivity contribution in [2.24, 2.45) is 5.10 Å². The topological polar surface area (TPSA) is 70.2 Å². The fourth-order valence-electron chi connectivity index (χ4n) is 1.91. The molecule has 0 bridgehead atoms. The van der Waals surface area contributed by atoms with Crippen LogP contribution in [0.1, 0.15) is 31.2 Å². The predicted molar refractivity (Wildman–Crippen MR) is 69.3 cm³/mol. The Kier molecular flexibility index (Phi) is 3.42. The van der Waals surface area contributed by atoms with Gasteiger partial charge >= 0.3 is 0 Å². The second kappa shape index (κ2) is 4.99. The van der Waals surface area contributed by atoms with Gasteiger partial charge in [-0.15, -0.1) is 0 Å². The van der Waals surface area contributed by atoms with Crippen molar-refractivity contribution in [1.82, 2.24) is 0 Å². The van der Waals surface area contributed by atoms with Crippen molar-refractivity contribution in [1.29, 1.82) is 0 Å². The SMILES string of the molecule is Cc1ccc(O)c(N/N=C2/CCCCC2=[NH2+])c1. The van der Waals surface area contributed by atoms with Crippen molar-refractivity contribution in [2.45, 2.75) is 32.6 Å². The van der Waals surface area contributed by atoms with E-state index in [1.165, 1.54) is 0 Å². The first-order chi connectivity index (χ1) is 8.16. The molecule has 1 fully saturated rings. The molecule has 1 aliphatic rings. The van der Waals surface area contributed by atoms with E-state index >= 15 is 0 Å². The number of aromatic hydroxyl groups is 1. The zero-order valence-corrected chi connectivity index (χ0v) is 10.0. The Bertz CT molecular complexity index is 466. The minimum absolute atomic E-state index is 0.203. The highest BCUT2D eigenvalue weighted by atomic mass is 16.3. The number of nitrogens with one attached hydrogen (secondary N) is 1. The number of anilines is 1. The molecule has 4 nitrogen and oxygen atoms in total. The molecule has 1 saturated carbocycles. The molecule has 90 valence electrons. The Morgan fingerprint density at radius 1 is 1.29 bits per heavy atom. The van der Waals surface area contributed by atoms with Crippen LogP contribution in [0.3, 0.4) is 0 Å². The Morgan fingerprint density at radius 3 is 2.82 bits per heavy atom. The lowest BCUT2D eigenvalue weighted by molar-refractivity contribution is -0.113. The van der Waals surface area contributed by atoms with Crippen LogP contribution in [-0.2, 0) is 0 Å². The average molecular weight is 232 g/mol. The van der Waals surface area contributed by atoms with Gasteiger partial charge in [-0.25, -0.2) is 0 Å². The van der Waals surface area contributed by atoms with E-state index in [0.29, 0.717) is 5.69 Å². The van der Waals surface area contributed by atoms with E-state index < -0.39 is 0 Å². The third-order valence-corrected chi connectivity index (χ3v) is 2.94. The van der Waals surface area contributed by atoms with Gasteiger partial charge in [0.1, 0.15) is 11.5 Å². The second-order valence-electron chi connectivity index (χ2n) is 4.42. The van der Waals surface area contributed by atoms with Gasteiger partial charge in [0.25, 0.3) is 0 Å². The zero-order chi connectivity index (χ0) is 12.3. The Hall–Kier alpha value is -1.84. The molecule has 2 rings (SSSR count). The first-order valence-electron chi connectivity index (χ1n) is 5.90.